The van der Waals surface area contributed by atoms with E-state index in [1.54, 1.807) is 12.1 Å². The van der Waals surface area contributed by atoms with Gasteiger partial charge in [0.2, 0.25) is 0 Å². The second kappa shape index (κ2) is 8.40. The van der Waals surface area contributed by atoms with Crippen molar-refractivity contribution in [3.63, 3.8) is 0 Å². The topological polar surface area (TPSA) is 61.6 Å². The number of ether oxygens (including phenoxy) is 2. The smallest absolute Gasteiger partial charge is 0.256 e. The summed E-state index contributed by atoms with van der Waals surface area (Å²) >= 11 is 0. The van der Waals surface area contributed by atoms with E-state index in [9.17, 15) is 4.79 Å². The molecule has 0 atom stereocenters. The van der Waals surface area contributed by atoms with E-state index in [0.717, 1.165) is 25.7 Å². The van der Waals surface area contributed by atoms with Gasteiger partial charge in [0, 0.05) is 0 Å². The number of amides is 1. The van der Waals surface area contributed by atoms with E-state index in [1.807, 2.05) is 6.07 Å². The van der Waals surface area contributed by atoms with Crippen LogP contribution in [0.3, 0.4) is 0 Å². The van der Waals surface area contributed by atoms with Crippen LogP contribution in [0.2, 0.25) is 0 Å². The number of benzene rings is 1. The Hall–Kier alpha value is -1.71. The Kier molecular flexibility index (Phi) is 6.79. The van der Waals surface area contributed by atoms with Gasteiger partial charge >= 0.3 is 0 Å². The van der Waals surface area contributed by atoms with E-state index in [4.69, 9.17) is 15.2 Å². The molecule has 0 aromatic heterocycles. The van der Waals surface area contributed by atoms with E-state index in [0.29, 0.717) is 30.3 Å². The third-order valence-electron chi connectivity index (χ3n) is 2.75. The average molecular weight is 265 g/mol. The van der Waals surface area contributed by atoms with Gasteiger partial charge in [-0.2, -0.15) is 0 Å². The van der Waals surface area contributed by atoms with Crippen LogP contribution in [0.15, 0.2) is 18.2 Å². The highest BCUT2D eigenvalue weighted by Gasteiger charge is 2.16. The van der Waals surface area contributed by atoms with Crippen molar-refractivity contribution < 1.29 is 14.3 Å². The molecule has 4 nitrogen and oxygen atoms in total. The molecule has 2 N–H and O–H groups in total. The number of unbranched alkanes of at least 4 members (excludes halogenated alkanes) is 2. The molecule has 1 aromatic carbocycles. The highest BCUT2D eigenvalue weighted by molar-refractivity contribution is 5.98. The predicted molar refractivity (Wildman–Crippen MR) is 75.8 cm³/mol. The van der Waals surface area contributed by atoms with Gasteiger partial charge in [-0.25, -0.2) is 0 Å². The van der Waals surface area contributed by atoms with Gasteiger partial charge in [0.1, 0.15) is 17.1 Å². The summed E-state index contributed by atoms with van der Waals surface area (Å²) in [5.74, 6) is 0.503. The van der Waals surface area contributed by atoms with Gasteiger partial charge in [-0.1, -0.05) is 32.8 Å². The fraction of sp³-hybridized carbons (Fsp3) is 0.533. The number of carbonyl (C=O) groups excluding carboxylic acids is 1. The quantitative estimate of drug-likeness (QED) is 0.698. The standard InChI is InChI=1S/C15H23NO3/c1-3-5-10-18-12-8-7-9-13(14(12)15(16)17)19-11-6-4-2/h7-9H,3-6,10-11H2,1-2H3,(H2,16,17). The molecule has 19 heavy (non-hydrogen) atoms. The number of rotatable bonds is 9. The summed E-state index contributed by atoms with van der Waals surface area (Å²) < 4.78 is 11.2. The minimum absolute atomic E-state index is 0.342. The normalized spacial score (nSPS) is 10.2. The van der Waals surface area contributed by atoms with E-state index >= 15 is 0 Å². The maximum absolute atomic E-state index is 11.6. The molecule has 0 aliphatic carbocycles. The molecule has 0 fully saturated rings. The molecule has 0 spiro atoms. The average Bonchev–Trinajstić information content (AvgIpc) is 2.39. The third kappa shape index (κ3) is 4.81. The molecule has 0 heterocycles. The Morgan fingerprint density at radius 1 is 1.05 bits per heavy atom. The zero-order valence-electron chi connectivity index (χ0n) is 11.8. The molecule has 0 radical (unpaired) electrons. The van der Waals surface area contributed by atoms with Crippen molar-refractivity contribution >= 4 is 5.91 Å². The predicted octanol–water partition coefficient (Wildman–Crippen LogP) is 3.14. The van der Waals surface area contributed by atoms with Gasteiger partial charge in [-0.05, 0) is 25.0 Å². The minimum atomic E-state index is -0.515. The maximum atomic E-state index is 11.6. The summed E-state index contributed by atoms with van der Waals surface area (Å²) in [5, 5.41) is 0. The first-order chi connectivity index (χ1) is 9.20. The van der Waals surface area contributed by atoms with Crippen LogP contribution in [0.5, 0.6) is 11.5 Å². The summed E-state index contributed by atoms with van der Waals surface area (Å²) in [6.45, 7) is 5.33. The van der Waals surface area contributed by atoms with Gasteiger partial charge in [-0.3, -0.25) is 4.79 Å². The van der Waals surface area contributed by atoms with E-state index < -0.39 is 5.91 Å². The van der Waals surface area contributed by atoms with Crippen molar-refractivity contribution in [2.45, 2.75) is 39.5 Å². The van der Waals surface area contributed by atoms with Gasteiger partial charge in [-0.15, -0.1) is 0 Å². The van der Waals surface area contributed by atoms with Crippen LogP contribution in [-0.2, 0) is 0 Å². The molecule has 0 aliphatic rings. The Balaban J connectivity index is 2.84. The summed E-state index contributed by atoms with van der Waals surface area (Å²) in [4.78, 5) is 11.6. The van der Waals surface area contributed by atoms with Crippen LogP contribution in [0.1, 0.15) is 49.9 Å². The summed E-state index contributed by atoms with van der Waals surface area (Å²) in [6, 6.07) is 5.32. The zero-order chi connectivity index (χ0) is 14.1. The largest absolute Gasteiger partial charge is 0.493 e. The highest BCUT2D eigenvalue weighted by Crippen LogP contribution is 2.28. The molecule has 0 saturated carbocycles. The van der Waals surface area contributed by atoms with Crippen molar-refractivity contribution in [3.8, 4) is 11.5 Å². The lowest BCUT2D eigenvalue weighted by molar-refractivity contribution is 0.0992. The molecule has 0 bridgehead atoms. The first kappa shape index (κ1) is 15.3. The van der Waals surface area contributed by atoms with Crippen molar-refractivity contribution in [2.75, 3.05) is 13.2 Å². The number of hydrogen-bond donors (Lipinski definition) is 1. The summed E-state index contributed by atoms with van der Waals surface area (Å²) in [7, 11) is 0. The lowest BCUT2D eigenvalue weighted by Crippen LogP contribution is -2.15. The van der Waals surface area contributed by atoms with Crippen LogP contribution in [0.25, 0.3) is 0 Å². The van der Waals surface area contributed by atoms with Crippen LogP contribution in [0, 0.1) is 0 Å². The van der Waals surface area contributed by atoms with Gasteiger partial charge in [0.25, 0.3) is 5.91 Å². The number of carbonyl (C=O) groups is 1. The fourth-order valence-corrected chi connectivity index (χ4v) is 1.65. The fourth-order valence-electron chi connectivity index (χ4n) is 1.65. The SMILES string of the molecule is CCCCOc1cccc(OCCCC)c1C(N)=O. The van der Waals surface area contributed by atoms with Crippen LogP contribution < -0.4 is 15.2 Å². The Morgan fingerprint density at radius 3 is 1.89 bits per heavy atom. The molecule has 106 valence electrons. The molecule has 4 heteroatoms. The molecular formula is C15H23NO3. The Labute approximate surface area is 114 Å². The van der Waals surface area contributed by atoms with Crippen LogP contribution in [0.4, 0.5) is 0 Å². The number of nitrogens with two attached hydrogens (primary N) is 1. The van der Waals surface area contributed by atoms with Crippen LogP contribution >= 0.6 is 0 Å². The summed E-state index contributed by atoms with van der Waals surface area (Å²) in [6.07, 6.45) is 3.97. The first-order valence-electron chi connectivity index (χ1n) is 6.89. The molecule has 0 saturated heterocycles. The molecule has 1 amide bonds. The molecular weight excluding hydrogens is 242 g/mol. The zero-order valence-corrected chi connectivity index (χ0v) is 11.8. The molecule has 1 rings (SSSR count). The lowest BCUT2D eigenvalue weighted by Gasteiger charge is -2.14. The van der Waals surface area contributed by atoms with Gasteiger partial charge in [0.05, 0.1) is 13.2 Å². The second-order valence-corrected chi connectivity index (χ2v) is 4.40. The van der Waals surface area contributed by atoms with Crippen LogP contribution in [-0.4, -0.2) is 19.1 Å². The van der Waals surface area contributed by atoms with Crippen molar-refractivity contribution in [2.24, 2.45) is 5.73 Å². The van der Waals surface area contributed by atoms with E-state index in [2.05, 4.69) is 13.8 Å². The van der Waals surface area contributed by atoms with Gasteiger partial charge < -0.3 is 15.2 Å². The van der Waals surface area contributed by atoms with Crippen molar-refractivity contribution in [1.82, 2.24) is 0 Å². The molecule has 1 aromatic rings. The maximum Gasteiger partial charge on any atom is 0.256 e. The first-order valence-corrected chi connectivity index (χ1v) is 6.89. The molecule has 0 aliphatic heterocycles. The Bertz CT molecular complexity index is 376. The highest BCUT2D eigenvalue weighted by atomic mass is 16.5. The monoisotopic (exact) mass is 265 g/mol. The van der Waals surface area contributed by atoms with E-state index in [-0.39, 0.29) is 0 Å². The molecule has 0 unspecified atom stereocenters. The van der Waals surface area contributed by atoms with Crippen molar-refractivity contribution in [1.29, 1.82) is 0 Å². The minimum Gasteiger partial charge on any atom is -0.493 e. The third-order valence-corrected chi connectivity index (χ3v) is 2.75. The van der Waals surface area contributed by atoms with Gasteiger partial charge in [0.15, 0.2) is 0 Å². The summed E-state index contributed by atoms with van der Waals surface area (Å²) in [5.41, 5.74) is 5.77. The van der Waals surface area contributed by atoms with Crippen molar-refractivity contribution in [3.05, 3.63) is 23.8 Å². The second-order valence-electron chi connectivity index (χ2n) is 4.40. The Morgan fingerprint density at radius 2 is 1.53 bits per heavy atom. The number of hydrogen-bond acceptors (Lipinski definition) is 3. The lowest BCUT2D eigenvalue weighted by atomic mass is 10.1. The number of primary amides is 1. The van der Waals surface area contributed by atoms with E-state index in [1.165, 1.54) is 0 Å².